The first-order valence-electron chi connectivity index (χ1n) is 9.74. The maximum absolute atomic E-state index is 14.3. The molecular weight excluding hydrogens is 447 g/mol. The SMILES string of the molecule is Cc1ccc(-n2c(SCc3ccc(C(N)=O)cc3[N+](=O)[O-])nc3ccccc3c2=O)cc1F. The van der Waals surface area contributed by atoms with Gasteiger partial charge in [0.25, 0.3) is 11.2 Å². The lowest BCUT2D eigenvalue weighted by molar-refractivity contribution is -0.385. The maximum Gasteiger partial charge on any atom is 0.274 e. The van der Waals surface area contributed by atoms with Crippen molar-refractivity contribution in [3.8, 4) is 5.69 Å². The van der Waals surface area contributed by atoms with Gasteiger partial charge in [0, 0.05) is 22.9 Å². The number of hydrogen-bond acceptors (Lipinski definition) is 6. The first-order chi connectivity index (χ1) is 15.8. The van der Waals surface area contributed by atoms with E-state index < -0.39 is 16.6 Å². The van der Waals surface area contributed by atoms with Gasteiger partial charge in [-0.05, 0) is 42.8 Å². The molecule has 0 radical (unpaired) electrons. The Bertz CT molecular complexity index is 1490. The first-order valence-corrected chi connectivity index (χ1v) is 10.7. The number of aromatic nitrogens is 2. The number of amides is 1. The third kappa shape index (κ3) is 4.33. The summed E-state index contributed by atoms with van der Waals surface area (Å²) >= 11 is 1.09. The quantitative estimate of drug-likeness (QED) is 0.198. The number of nitro groups is 1. The van der Waals surface area contributed by atoms with Crippen LogP contribution in [-0.4, -0.2) is 20.4 Å². The number of carbonyl (C=O) groups excluding carboxylic acids is 1. The minimum Gasteiger partial charge on any atom is -0.366 e. The normalized spacial score (nSPS) is 11.0. The number of nitrogens with zero attached hydrogens (tertiary/aromatic N) is 3. The van der Waals surface area contributed by atoms with E-state index in [0.29, 0.717) is 27.7 Å². The smallest absolute Gasteiger partial charge is 0.274 e. The Hall–Kier alpha value is -4.05. The molecule has 10 heteroatoms. The number of aryl methyl sites for hydroxylation is 1. The fourth-order valence-electron chi connectivity index (χ4n) is 3.31. The molecule has 0 atom stereocenters. The van der Waals surface area contributed by atoms with Crippen LogP contribution in [0.5, 0.6) is 0 Å². The van der Waals surface area contributed by atoms with Crippen LogP contribution in [0.3, 0.4) is 0 Å². The van der Waals surface area contributed by atoms with Gasteiger partial charge in [-0.1, -0.05) is 36.0 Å². The minimum atomic E-state index is -0.774. The molecule has 4 aromatic rings. The summed E-state index contributed by atoms with van der Waals surface area (Å²) in [6.45, 7) is 1.62. The average Bonchev–Trinajstić information content (AvgIpc) is 2.79. The average molecular weight is 464 g/mol. The molecule has 1 amide bonds. The molecule has 0 aliphatic rings. The molecule has 0 bridgehead atoms. The van der Waals surface area contributed by atoms with Crippen LogP contribution in [0, 0.1) is 22.9 Å². The van der Waals surface area contributed by atoms with E-state index in [-0.39, 0.29) is 27.7 Å². The fraction of sp³-hybridized carbons (Fsp3) is 0.0870. The molecule has 2 N–H and O–H groups in total. The Kier molecular flexibility index (Phi) is 5.93. The summed E-state index contributed by atoms with van der Waals surface area (Å²) in [6.07, 6.45) is 0. The van der Waals surface area contributed by atoms with Crippen LogP contribution in [-0.2, 0) is 5.75 Å². The molecule has 33 heavy (non-hydrogen) atoms. The van der Waals surface area contributed by atoms with Gasteiger partial charge >= 0.3 is 0 Å². The lowest BCUT2D eigenvalue weighted by Crippen LogP contribution is -2.22. The number of hydrogen-bond donors (Lipinski definition) is 1. The van der Waals surface area contributed by atoms with Crippen LogP contribution in [0.2, 0.25) is 0 Å². The highest BCUT2D eigenvalue weighted by atomic mass is 32.2. The number of fused-ring (bicyclic) bond motifs is 1. The molecule has 1 aromatic heterocycles. The van der Waals surface area contributed by atoms with Gasteiger partial charge in [-0.25, -0.2) is 9.37 Å². The van der Waals surface area contributed by atoms with Gasteiger partial charge in [0.1, 0.15) is 5.82 Å². The second-order valence-electron chi connectivity index (χ2n) is 7.24. The Morgan fingerprint density at radius 1 is 1.18 bits per heavy atom. The van der Waals surface area contributed by atoms with E-state index in [1.165, 1.54) is 22.8 Å². The molecule has 0 aliphatic heterocycles. The molecule has 1 heterocycles. The van der Waals surface area contributed by atoms with Gasteiger partial charge in [0.2, 0.25) is 5.91 Å². The highest BCUT2D eigenvalue weighted by Gasteiger charge is 2.19. The number of nitrogens with two attached hydrogens (primary N) is 1. The second kappa shape index (κ2) is 8.83. The summed E-state index contributed by atoms with van der Waals surface area (Å²) < 4.78 is 15.6. The predicted molar refractivity (Wildman–Crippen MR) is 123 cm³/mol. The summed E-state index contributed by atoms with van der Waals surface area (Å²) in [7, 11) is 0. The highest BCUT2D eigenvalue weighted by Crippen LogP contribution is 2.30. The molecule has 8 nitrogen and oxygen atoms in total. The third-order valence-corrected chi connectivity index (χ3v) is 6.07. The fourth-order valence-corrected chi connectivity index (χ4v) is 4.32. The van der Waals surface area contributed by atoms with E-state index in [9.17, 15) is 24.1 Å². The number of para-hydroxylation sites is 1. The number of benzene rings is 3. The monoisotopic (exact) mass is 464 g/mol. The van der Waals surface area contributed by atoms with Crippen molar-refractivity contribution in [2.45, 2.75) is 17.8 Å². The van der Waals surface area contributed by atoms with E-state index in [0.717, 1.165) is 17.8 Å². The van der Waals surface area contributed by atoms with Crippen molar-refractivity contribution >= 4 is 34.3 Å². The van der Waals surface area contributed by atoms with E-state index >= 15 is 0 Å². The van der Waals surface area contributed by atoms with Crippen LogP contribution in [0.25, 0.3) is 16.6 Å². The molecule has 0 aliphatic carbocycles. The zero-order valence-electron chi connectivity index (χ0n) is 17.3. The van der Waals surface area contributed by atoms with Gasteiger partial charge in [0.05, 0.1) is 21.5 Å². The number of nitro benzene ring substituents is 1. The van der Waals surface area contributed by atoms with Crippen molar-refractivity contribution in [3.05, 3.63) is 104 Å². The van der Waals surface area contributed by atoms with Gasteiger partial charge in [-0.2, -0.15) is 0 Å². The predicted octanol–water partition coefficient (Wildman–Crippen LogP) is 4.13. The van der Waals surface area contributed by atoms with Gasteiger partial charge in [0.15, 0.2) is 5.16 Å². The number of primary amides is 1. The van der Waals surface area contributed by atoms with Crippen LogP contribution in [0.4, 0.5) is 10.1 Å². The van der Waals surface area contributed by atoms with Crippen molar-refractivity contribution in [2.75, 3.05) is 0 Å². The molecule has 3 aromatic carbocycles. The number of thioether (sulfide) groups is 1. The second-order valence-corrected chi connectivity index (χ2v) is 8.18. The van der Waals surface area contributed by atoms with Gasteiger partial charge < -0.3 is 5.73 Å². The third-order valence-electron chi connectivity index (χ3n) is 5.08. The summed E-state index contributed by atoms with van der Waals surface area (Å²) in [5.41, 5.74) is 6.09. The Morgan fingerprint density at radius 3 is 2.64 bits per heavy atom. The summed E-state index contributed by atoms with van der Waals surface area (Å²) in [4.78, 5) is 40.2. The largest absolute Gasteiger partial charge is 0.366 e. The molecule has 4 rings (SSSR count). The van der Waals surface area contributed by atoms with E-state index in [4.69, 9.17) is 5.73 Å². The van der Waals surface area contributed by atoms with Crippen molar-refractivity contribution in [1.82, 2.24) is 9.55 Å². The van der Waals surface area contributed by atoms with Gasteiger partial charge in [-0.3, -0.25) is 24.3 Å². The standard InChI is InChI=1S/C23H17FN4O4S/c1-13-6-9-16(11-18(13)24)27-22(30)17-4-2-3-5-19(17)26-23(27)33-12-15-8-7-14(21(25)29)10-20(15)28(31)32/h2-11H,12H2,1H3,(H2,25,29). The number of halogens is 1. The topological polar surface area (TPSA) is 121 Å². The molecule has 0 unspecified atom stereocenters. The zero-order valence-corrected chi connectivity index (χ0v) is 18.1. The van der Waals surface area contributed by atoms with E-state index in [1.807, 2.05) is 0 Å². The van der Waals surface area contributed by atoms with Crippen molar-refractivity contribution in [1.29, 1.82) is 0 Å². The van der Waals surface area contributed by atoms with Crippen LogP contribution in [0.15, 0.2) is 70.6 Å². The summed E-state index contributed by atoms with van der Waals surface area (Å²) in [5.74, 6) is -1.17. The first kappa shape index (κ1) is 22.2. The zero-order chi connectivity index (χ0) is 23.7. The maximum atomic E-state index is 14.3. The number of carbonyl (C=O) groups is 1. The molecule has 0 saturated heterocycles. The van der Waals surface area contributed by atoms with Crippen LogP contribution in [0.1, 0.15) is 21.5 Å². The summed E-state index contributed by atoms with van der Waals surface area (Å²) in [6, 6.07) is 15.2. The highest BCUT2D eigenvalue weighted by molar-refractivity contribution is 7.98. The van der Waals surface area contributed by atoms with E-state index in [2.05, 4.69) is 4.98 Å². The number of rotatable bonds is 6. The Morgan fingerprint density at radius 2 is 1.94 bits per heavy atom. The van der Waals surface area contributed by atoms with Crippen LogP contribution >= 0.6 is 11.8 Å². The molecule has 0 spiro atoms. The molecular formula is C23H17FN4O4S. The lowest BCUT2D eigenvalue weighted by Gasteiger charge is -2.14. The lowest BCUT2D eigenvalue weighted by atomic mass is 10.1. The molecule has 166 valence electrons. The Balaban J connectivity index is 1.83. The van der Waals surface area contributed by atoms with Crippen molar-refractivity contribution in [2.24, 2.45) is 5.73 Å². The van der Waals surface area contributed by atoms with Gasteiger partial charge in [-0.15, -0.1) is 0 Å². The Labute approximate surface area is 191 Å². The van der Waals surface area contributed by atoms with E-state index in [1.54, 1.807) is 43.3 Å². The molecule has 0 saturated carbocycles. The summed E-state index contributed by atoms with van der Waals surface area (Å²) in [5, 5.41) is 12.1. The minimum absolute atomic E-state index is 0.0197. The van der Waals surface area contributed by atoms with Crippen molar-refractivity contribution in [3.63, 3.8) is 0 Å². The van der Waals surface area contributed by atoms with Crippen LogP contribution < -0.4 is 11.3 Å². The molecule has 0 fully saturated rings. The van der Waals surface area contributed by atoms with Crippen molar-refractivity contribution < 1.29 is 14.1 Å².